The van der Waals surface area contributed by atoms with Crippen molar-refractivity contribution in [3.05, 3.63) is 60.2 Å². The average Bonchev–Trinajstić information content (AvgIpc) is 2.60. The van der Waals surface area contributed by atoms with Crippen molar-refractivity contribution in [2.24, 2.45) is 0 Å². The molecule has 0 aliphatic heterocycles. The van der Waals surface area contributed by atoms with Gasteiger partial charge in [-0.2, -0.15) is 0 Å². The van der Waals surface area contributed by atoms with E-state index in [9.17, 15) is 13.2 Å². The van der Waals surface area contributed by atoms with Crippen LogP contribution in [-0.4, -0.2) is 32.4 Å². The SMILES string of the molecule is CS(=O)(=O)c1ccc(NC(=O)NNC(=S)NCCc2ccccc2)cc1. The average molecular weight is 393 g/mol. The second-order valence-corrected chi connectivity index (χ2v) is 7.92. The smallest absolute Gasteiger partial charge is 0.337 e. The second kappa shape index (κ2) is 9.16. The van der Waals surface area contributed by atoms with Crippen molar-refractivity contribution in [3.8, 4) is 0 Å². The third-order valence-electron chi connectivity index (χ3n) is 3.37. The highest BCUT2D eigenvalue weighted by atomic mass is 32.2. The lowest BCUT2D eigenvalue weighted by atomic mass is 10.1. The van der Waals surface area contributed by atoms with E-state index in [2.05, 4.69) is 21.5 Å². The number of hydrazine groups is 1. The number of hydrogen-bond acceptors (Lipinski definition) is 4. The van der Waals surface area contributed by atoms with Gasteiger partial charge < -0.3 is 10.6 Å². The minimum Gasteiger partial charge on any atom is -0.361 e. The fourth-order valence-electron chi connectivity index (χ4n) is 2.07. The summed E-state index contributed by atoms with van der Waals surface area (Å²) < 4.78 is 22.8. The maximum Gasteiger partial charge on any atom is 0.337 e. The van der Waals surface area contributed by atoms with Crippen molar-refractivity contribution in [2.75, 3.05) is 18.1 Å². The number of rotatable bonds is 5. The van der Waals surface area contributed by atoms with Crippen LogP contribution in [0.4, 0.5) is 10.5 Å². The molecule has 0 saturated heterocycles. The summed E-state index contributed by atoms with van der Waals surface area (Å²) in [6.45, 7) is 0.631. The van der Waals surface area contributed by atoms with Gasteiger partial charge in [-0.25, -0.2) is 18.6 Å². The first-order chi connectivity index (χ1) is 12.3. The fraction of sp³-hybridized carbons (Fsp3) is 0.176. The lowest BCUT2D eigenvalue weighted by Crippen LogP contribution is -2.48. The van der Waals surface area contributed by atoms with E-state index in [1.165, 1.54) is 29.8 Å². The summed E-state index contributed by atoms with van der Waals surface area (Å²) in [6.07, 6.45) is 1.93. The lowest BCUT2D eigenvalue weighted by Gasteiger charge is -2.12. The molecule has 2 aromatic rings. The standard InChI is InChI=1S/C17H20N4O3S2/c1-26(23,24)15-9-7-14(8-10-15)19-16(22)20-21-17(25)18-12-11-13-5-3-2-4-6-13/h2-10H,11-12H2,1H3,(H2,18,21,25)(H2,19,20,22). The molecule has 2 rings (SSSR count). The maximum absolute atomic E-state index is 11.8. The first kappa shape index (κ1) is 19.7. The van der Waals surface area contributed by atoms with Gasteiger partial charge in [0.15, 0.2) is 14.9 Å². The number of carbonyl (C=O) groups is 1. The molecule has 4 N–H and O–H groups in total. The highest BCUT2D eigenvalue weighted by Crippen LogP contribution is 2.13. The van der Waals surface area contributed by atoms with Gasteiger partial charge in [0, 0.05) is 18.5 Å². The van der Waals surface area contributed by atoms with Gasteiger partial charge in [0.1, 0.15) is 0 Å². The minimum absolute atomic E-state index is 0.186. The highest BCUT2D eigenvalue weighted by Gasteiger charge is 2.07. The normalized spacial score (nSPS) is 10.7. The quantitative estimate of drug-likeness (QED) is 0.458. The topological polar surface area (TPSA) is 99.3 Å². The van der Waals surface area contributed by atoms with E-state index < -0.39 is 15.9 Å². The number of anilines is 1. The molecule has 0 unspecified atom stereocenters. The molecule has 0 heterocycles. The summed E-state index contributed by atoms with van der Waals surface area (Å²) in [6, 6.07) is 15.3. The number of nitrogens with one attached hydrogen (secondary N) is 4. The Morgan fingerprint density at radius 1 is 1.00 bits per heavy atom. The number of urea groups is 1. The van der Waals surface area contributed by atoms with Crippen LogP contribution in [0.3, 0.4) is 0 Å². The molecular weight excluding hydrogens is 372 g/mol. The van der Waals surface area contributed by atoms with Crippen LogP contribution in [0, 0.1) is 0 Å². The van der Waals surface area contributed by atoms with Gasteiger partial charge in [-0.05, 0) is 48.5 Å². The minimum atomic E-state index is -3.26. The van der Waals surface area contributed by atoms with Gasteiger partial charge in [-0.1, -0.05) is 30.3 Å². The van der Waals surface area contributed by atoms with Crippen LogP contribution in [-0.2, 0) is 16.3 Å². The molecule has 2 aromatic carbocycles. The van der Waals surface area contributed by atoms with Crippen molar-refractivity contribution >= 4 is 38.9 Å². The molecule has 0 saturated carbocycles. The Bertz CT molecular complexity index is 853. The van der Waals surface area contributed by atoms with Gasteiger partial charge in [0.05, 0.1) is 4.90 Å². The molecule has 26 heavy (non-hydrogen) atoms. The summed E-state index contributed by atoms with van der Waals surface area (Å²) in [5.74, 6) is 0. The van der Waals surface area contributed by atoms with Crippen LogP contribution in [0.5, 0.6) is 0 Å². The second-order valence-electron chi connectivity index (χ2n) is 5.49. The number of thiocarbonyl (C=S) groups is 1. The van der Waals surface area contributed by atoms with Crippen LogP contribution >= 0.6 is 12.2 Å². The highest BCUT2D eigenvalue weighted by molar-refractivity contribution is 7.90. The number of hydrogen-bond donors (Lipinski definition) is 4. The van der Waals surface area contributed by atoms with Crippen LogP contribution in [0.1, 0.15) is 5.56 Å². The largest absolute Gasteiger partial charge is 0.361 e. The number of amides is 2. The summed E-state index contributed by atoms with van der Waals surface area (Å²) in [5, 5.41) is 5.84. The first-order valence-corrected chi connectivity index (χ1v) is 10.1. The zero-order valence-electron chi connectivity index (χ0n) is 14.2. The van der Waals surface area contributed by atoms with Crippen molar-refractivity contribution in [2.45, 2.75) is 11.3 Å². The van der Waals surface area contributed by atoms with E-state index in [-0.39, 0.29) is 4.90 Å². The molecular formula is C17H20N4O3S2. The third-order valence-corrected chi connectivity index (χ3v) is 4.75. The zero-order valence-corrected chi connectivity index (χ0v) is 15.8. The molecule has 0 aliphatic carbocycles. The Balaban J connectivity index is 1.70. The molecule has 0 spiro atoms. The Morgan fingerprint density at radius 3 is 2.27 bits per heavy atom. The summed E-state index contributed by atoms with van der Waals surface area (Å²) in [7, 11) is -3.26. The van der Waals surface area contributed by atoms with Crippen molar-refractivity contribution in [1.82, 2.24) is 16.2 Å². The molecule has 9 heteroatoms. The Kier molecular flexibility index (Phi) is 6.93. The van der Waals surface area contributed by atoms with E-state index in [4.69, 9.17) is 12.2 Å². The van der Waals surface area contributed by atoms with Crippen LogP contribution < -0.4 is 21.5 Å². The molecule has 0 atom stereocenters. The zero-order chi connectivity index (χ0) is 19.0. The number of sulfone groups is 1. The monoisotopic (exact) mass is 392 g/mol. The van der Waals surface area contributed by atoms with Gasteiger partial charge in [-0.15, -0.1) is 0 Å². The number of benzene rings is 2. The number of carbonyl (C=O) groups excluding carboxylic acids is 1. The molecule has 2 amide bonds. The van der Waals surface area contributed by atoms with Gasteiger partial charge in [0.25, 0.3) is 0 Å². The molecule has 7 nitrogen and oxygen atoms in total. The van der Waals surface area contributed by atoms with Crippen LogP contribution in [0.2, 0.25) is 0 Å². The van der Waals surface area contributed by atoms with Gasteiger partial charge in [-0.3, -0.25) is 5.43 Å². The fourth-order valence-corrected chi connectivity index (χ4v) is 2.85. The Labute approximate surface area is 158 Å². The van der Waals surface area contributed by atoms with Crippen LogP contribution in [0.15, 0.2) is 59.5 Å². The Hall–Kier alpha value is -2.65. The maximum atomic E-state index is 11.8. The lowest BCUT2D eigenvalue weighted by molar-refractivity contribution is 0.250. The molecule has 0 radical (unpaired) electrons. The Morgan fingerprint density at radius 2 is 1.65 bits per heavy atom. The molecule has 0 fully saturated rings. The van der Waals surface area contributed by atoms with Gasteiger partial charge >= 0.3 is 6.03 Å². The van der Waals surface area contributed by atoms with Crippen molar-refractivity contribution < 1.29 is 13.2 Å². The molecule has 138 valence electrons. The third kappa shape index (κ3) is 6.69. The van der Waals surface area contributed by atoms with E-state index >= 15 is 0 Å². The molecule has 0 aromatic heterocycles. The first-order valence-electron chi connectivity index (χ1n) is 7.79. The summed E-state index contributed by atoms with van der Waals surface area (Å²) in [5.41, 5.74) is 6.63. The van der Waals surface area contributed by atoms with E-state index in [1.807, 2.05) is 30.3 Å². The summed E-state index contributed by atoms with van der Waals surface area (Å²) >= 11 is 5.08. The summed E-state index contributed by atoms with van der Waals surface area (Å²) in [4.78, 5) is 12.0. The predicted octanol–water partition coefficient (Wildman–Crippen LogP) is 1.83. The van der Waals surface area contributed by atoms with Crippen LogP contribution in [0.25, 0.3) is 0 Å². The molecule has 0 bridgehead atoms. The van der Waals surface area contributed by atoms with E-state index in [0.29, 0.717) is 17.3 Å². The molecule has 0 aliphatic rings. The van der Waals surface area contributed by atoms with E-state index in [0.717, 1.165) is 12.7 Å². The van der Waals surface area contributed by atoms with Crippen molar-refractivity contribution in [1.29, 1.82) is 0 Å². The van der Waals surface area contributed by atoms with Crippen molar-refractivity contribution in [3.63, 3.8) is 0 Å². The predicted molar refractivity (Wildman–Crippen MR) is 106 cm³/mol. The van der Waals surface area contributed by atoms with E-state index in [1.54, 1.807) is 0 Å². The van der Waals surface area contributed by atoms with Gasteiger partial charge in [0.2, 0.25) is 0 Å².